The second-order valence-electron chi connectivity index (χ2n) is 7.08. The number of fused-ring (bicyclic) bond motifs is 1. The molecule has 1 aromatic carbocycles. The smallest absolute Gasteiger partial charge is 0.240 e. The van der Waals surface area contributed by atoms with E-state index in [1.165, 1.54) is 0 Å². The molecule has 1 saturated heterocycles. The van der Waals surface area contributed by atoms with Gasteiger partial charge in [0, 0.05) is 30.2 Å². The number of aromatic amines is 1. The zero-order chi connectivity index (χ0) is 16.6. The molecule has 0 saturated carbocycles. The number of halogens is 1. The number of aromatic nitrogens is 1. The summed E-state index contributed by atoms with van der Waals surface area (Å²) < 4.78 is 5.86. The minimum atomic E-state index is -0.532. The molecule has 0 radical (unpaired) electrons. The van der Waals surface area contributed by atoms with Crippen LogP contribution in [0.15, 0.2) is 30.5 Å². The summed E-state index contributed by atoms with van der Waals surface area (Å²) in [5, 5.41) is 1.13. The average Bonchev–Trinajstić information content (AvgIpc) is 2.87. The zero-order valence-corrected chi connectivity index (χ0v) is 15.2. The minimum absolute atomic E-state index is 0. The Kier molecular flexibility index (Phi) is 5.58. The van der Waals surface area contributed by atoms with Crippen molar-refractivity contribution in [2.45, 2.75) is 44.9 Å². The van der Waals surface area contributed by atoms with Gasteiger partial charge in [0.25, 0.3) is 0 Å². The third-order valence-electron chi connectivity index (χ3n) is 4.31. The molecule has 2 heterocycles. The van der Waals surface area contributed by atoms with Gasteiger partial charge in [0.05, 0.1) is 17.7 Å². The van der Waals surface area contributed by atoms with Crippen LogP contribution in [0.25, 0.3) is 10.9 Å². The minimum Gasteiger partial charge on any atom is -0.369 e. The van der Waals surface area contributed by atoms with Gasteiger partial charge in [-0.15, -0.1) is 12.4 Å². The number of para-hydroxylation sites is 1. The largest absolute Gasteiger partial charge is 0.369 e. The second kappa shape index (κ2) is 7.13. The number of benzene rings is 1. The Morgan fingerprint density at radius 2 is 2.17 bits per heavy atom. The van der Waals surface area contributed by atoms with Crippen LogP contribution >= 0.6 is 12.4 Å². The molecule has 2 aromatic rings. The number of nitrogens with two attached hydrogens (primary N) is 1. The van der Waals surface area contributed by atoms with Gasteiger partial charge in [-0.05, 0) is 38.8 Å². The van der Waals surface area contributed by atoms with Gasteiger partial charge in [0.1, 0.15) is 0 Å². The third-order valence-corrected chi connectivity index (χ3v) is 4.31. The number of hydrogen-bond donors (Lipinski definition) is 2. The second-order valence-corrected chi connectivity index (χ2v) is 7.08. The number of rotatable bonds is 3. The Hall–Kier alpha value is -1.56. The predicted molar refractivity (Wildman–Crippen MR) is 98.4 cm³/mol. The number of nitrogens with zero attached hydrogens (tertiary/aromatic N) is 1. The molecule has 2 atom stereocenters. The maximum atomic E-state index is 12.7. The van der Waals surface area contributed by atoms with Crippen molar-refractivity contribution < 1.29 is 9.53 Å². The SMILES string of the molecule is CC1CN(C(=O)[C@@H](N)Cc2c[nH]c3ccccc23)CC(C)(C)O1.Cl. The van der Waals surface area contributed by atoms with Gasteiger partial charge in [0.15, 0.2) is 0 Å². The fourth-order valence-electron chi connectivity index (χ4n) is 3.48. The van der Waals surface area contributed by atoms with Gasteiger partial charge in [0.2, 0.25) is 5.91 Å². The van der Waals surface area contributed by atoms with E-state index >= 15 is 0 Å². The summed E-state index contributed by atoms with van der Waals surface area (Å²) in [7, 11) is 0. The van der Waals surface area contributed by atoms with Crippen molar-refractivity contribution in [1.29, 1.82) is 0 Å². The fourth-order valence-corrected chi connectivity index (χ4v) is 3.48. The number of H-pyrrole nitrogens is 1. The Morgan fingerprint density at radius 3 is 2.88 bits per heavy atom. The molecule has 6 heteroatoms. The van der Waals surface area contributed by atoms with E-state index in [0.29, 0.717) is 19.5 Å². The molecule has 1 amide bonds. The van der Waals surface area contributed by atoms with Crippen molar-refractivity contribution in [2.75, 3.05) is 13.1 Å². The topological polar surface area (TPSA) is 71.3 Å². The molecule has 0 bridgehead atoms. The fraction of sp³-hybridized carbons (Fsp3) is 0.500. The highest BCUT2D eigenvalue weighted by Crippen LogP contribution is 2.23. The number of morpholine rings is 1. The van der Waals surface area contributed by atoms with Crippen molar-refractivity contribution in [1.82, 2.24) is 9.88 Å². The number of amides is 1. The third kappa shape index (κ3) is 3.91. The first kappa shape index (κ1) is 18.8. The molecule has 0 aliphatic carbocycles. The maximum Gasteiger partial charge on any atom is 0.240 e. The first-order valence-electron chi connectivity index (χ1n) is 8.13. The van der Waals surface area contributed by atoms with Gasteiger partial charge in [-0.1, -0.05) is 18.2 Å². The van der Waals surface area contributed by atoms with E-state index in [1.54, 1.807) is 0 Å². The lowest BCUT2D eigenvalue weighted by molar-refractivity contribution is -0.159. The van der Waals surface area contributed by atoms with Crippen LogP contribution in [0.1, 0.15) is 26.3 Å². The summed E-state index contributed by atoms with van der Waals surface area (Å²) in [4.78, 5) is 17.8. The number of ether oxygens (including phenoxy) is 1. The molecule has 1 fully saturated rings. The molecule has 1 aromatic heterocycles. The van der Waals surface area contributed by atoms with E-state index in [0.717, 1.165) is 16.5 Å². The Labute approximate surface area is 148 Å². The monoisotopic (exact) mass is 351 g/mol. The highest BCUT2D eigenvalue weighted by atomic mass is 35.5. The first-order chi connectivity index (χ1) is 10.9. The Bertz CT molecular complexity index is 713. The number of carbonyl (C=O) groups is 1. The van der Waals surface area contributed by atoms with E-state index in [4.69, 9.17) is 10.5 Å². The number of carbonyl (C=O) groups excluding carboxylic acids is 1. The lowest BCUT2D eigenvalue weighted by atomic mass is 10.0. The summed E-state index contributed by atoms with van der Waals surface area (Å²) >= 11 is 0. The lowest BCUT2D eigenvalue weighted by Crippen LogP contribution is -2.57. The van der Waals surface area contributed by atoms with Crippen LogP contribution in [0.4, 0.5) is 0 Å². The average molecular weight is 352 g/mol. The van der Waals surface area contributed by atoms with E-state index < -0.39 is 6.04 Å². The van der Waals surface area contributed by atoms with Crippen LogP contribution in [0.2, 0.25) is 0 Å². The summed E-state index contributed by atoms with van der Waals surface area (Å²) in [5.74, 6) is -0.00138. The van der Waals surface area contributed by atoms with Gasteiger partial charge in [-0.2, -0.15) is 0 Å². The molecule has 132 valence electrons. The van der Waals surface area contributed by atoms with Crippen LogP contribution in [-0.4, -0.2) is 46.6 Å². The van der Waals surface area contributed by atoms with Crippen LogP contribution in [-0.2, 0) is 16.0 Å². The molecule has 3 rings (SSSR count). The van der Waals surface area contributed by atoms with Crippen molar-refractivity contribution in [2.24, 2.45) is 5.73 Å². The van der Waals surface area contributed by atoms with Crippen LogP contribution in [0.3, 0.4) is 0 Å². The first-order valence-corrected chi connectivity index (χ1v) is 8.13. The predicted octanol–water partition coefficient (Wildman–Crippen LogP) is 2.49. The van der Waals surface area contributed by atoms with E-state index in [-0.39, 0.29) is 30.0 Å². The summed E-state index contributed by atoms with van der Waals surface area (Å²) in [6.45, 7) is 7.19. The molecule has 1 aliphatic heterocycles. The zero-order valence-electron chi connectivity index (χ0n) is 14.4. The molecule has 0 spiro atoms. The van der Waals surface area contributed by atoms with Gasteiger partial charge < -0.3 is 20.4 Å². The Morgan fingerprint density at radius 1 is 1.46 bits per heavy atom. The summed E-state index contributed by atoms with van der Waals surface area (Å²) in [6.07, 6.45) is 2.52. The highest BCUT2D eigenvalue weighted by molar-refractivity contribution is 5.86. The van der Waals surface area contributed by atoms with E-state index in [1.807, 2.05) is 50.1 Å². The number of hydrogen-bond acceptors (Lipinski definition) is 3. The lowest BCUT2D eigenvalue weighted by Gasteiger charge is -2.42. The molecular weight excluding hydrogens is 326 g/mol. The maximum absolute atomic E-state index is 12.7. The van der Waals surface area contributed by atoms with Crippen LogP contribution in [0, 0.1) is 0 Å². The van der Waals surface area contributed by atoms with Gasteiger partial charge >= 0.3 is 0 Å². The van der Waals surface area contributed by atoms with Crippen LogP contribution in [0.5, 0.6) is 0 Å². The molecule has 3 N–H and O–H groups in total. The van der Waals surface area contributed by atoms with Gasteiger partial charge in [-0.25, -0.2) is 0 Å². The van der Waals surface area contributed by atoms with Crippen molar-refractivity contribution in [3.05, 3.63) is 36.0 Å². The molecule has 5 nitrogen and oxygen atoms in total. The van der Waals surface area contributed by atoms with E-state index in [2.05, 4.69) is 11.1 Å². The van der Waals surface area contributed by atoms with Crippen molar-refractivity contribution >= 4 is 29.2 Å². The van der Waals surface area contributed by atoms with E-state index in [9.17, 15) is 4.79 Å². The molecular formula is C18H26ClN3O2. The quantitative estimate of drug-likeness (QED) is 0.892. The Balaban J connectivity index is 0.00000208. The molecule has 1 aliphatic rings. The van der Waals surface area contributed by atoms with Crippen LogP contribution < -0.4 is 5.73 Å². The number of nitrogens with one attached hydrogen (secondary N) is 1. The highest BCUT2D eigenvalue weighted by Gasteiger charge is 2.35. The van der Waals surface area contributed by atoms with Crippen molar-refractivity contribution in [3.8, 4) is 0 Å². The standard InChI is InChI=1S/C18H25N3O2.ClH/c1-12-10-21(11-18(2,3)23-12)17(22)15(19)8-13-9-20-16-7-5-4-6-14(13)16;/h4-7,9,12,15,20H,8,10-11,19H2,1-3H3;1H/t12?,15-;/m0./s1. The summed E-state index contributed by atoms with van der Waals surface area (Å²) in [6, 6.07) is 7.54. The van der Waals surface area contributed by atoms with Crippen molar-refractivity contribution in [3.63, 3.8) is 0 Å². The summed E-state index contributed by atoms with van der Waals surface area (Å²) in [5.41, 5.74) is 8.05. The molecule has 24 heavy (non-hydrogen) atoms. The van der Waals surface area contributed by atoms with Gasteiger partial charge in [-0.3, -0.25) is 4.79 Å². The molecule has 1 unspecified atom stereocenters. The normalized spacial score (nSPS) is 21.3.